The fraction of sp³-hybridized carbons (Fsp3) is 0.692. The molecular formula is C13H22N4. The van der Waals surface area contributed by atoms with Gasteiger partial charge < -0.3 is 11.1 Å². The molecule has 17 heavy (non-hydrogen) atoms. The molecule has 1 saturated carbocycles. The standard InChI is InChI=1S/C13H22N4/c1-9-7-13(16-10(2)15-9)17-12(8-14)11-5-3-4-6-11/h7,11-12H,3-6,8,14H2,1-2H3,(H,15,16,17). The van der Waals surface area contributed by atoms with Gasteiger partial charge in [-0.25, -0.2) is 9.97 Å². The number of aromatic nitrogens is 2. The highest BCUT2D eigenvalue weighted by atomic mass is 15.1. The smallest absolute Gasteiger partial charge is 0.130 e. The summed E-state index contributed by atoms with van der Waals surface area (Å²) in [6, 6.07) is 2.34. The van der Waals surface area contributed by atoms with E-state index in [0.717, 1.165) is 17.3 Å². The van der Waals surface area contributed by atoms with Crippen molar-refractivity contribution in [2.75, 3.05) is 11.9 Å². The van der Waals surface area contributed by atoms with Crippen molar-refractivity contribution in [1.82, 2.24) is 9.97 Å². The first-order valence-electron chi connectivity index (χ1n) is 6.48. The molecule has 0 radical (unpaired) electrons. The molecule has 0 amide bonds. The highest BCUT2D eigenvalue weighted by molar-refractivity contribution is 5.37. The van der Waals surface area contributed by atoms with Crippen LogP contribution in [0, 0.1) is 19.8 Å². The van der Waals surface area contributed by atoms with Gasteiger partial charge in [-0.05, 0) is 32.6 Å². The van der Waals surface area contributed by atoms with Gasteiger partial charge in [-0.2, -0.15) is 0 Å². The lowest BCUT2D eigenvalue weighted by atomic mass is 9.98. The topological polar surface area (TPSA) is 63.8 Å². The lowest BCUT2D eigenvalue weighted by Crippen LogP contribution is -2.35. The lowest BCUT2D eigenvalue weighted by molar-refractivity contribution is 0.461. The molecule has 4 heteroatoms. The monoisotopic (exact) mass is 234 g/mol. The molecule has 2 rings (SSSR count). The number of nitrogens with two attached hydrogens (primary N) is 1. The van der Waals surface area contributed by atoms with E-state index in [9.17, 15) is 0 Å². The summed E-state index contributed by atoms with van der Waals surface area (Å²) in [7, 11) is 0. The fourth-order valence-electron chi connectivity index (χ4n) is 2.71. The summed E-state index contributed by atoms with van der Waals surface area (Å²) in [5.41, 5.74) is 6.87. The van der Waals surface area contributed by atoms with Gasteiger partial charge in [0.15, 0.2) is 0 Å². The number of hydrogen-bond donors (Lipinski definition) is 2. The summed E-state index contributed by atoms with van der Waals surface area (Å²) < 4.78 is 0. The third-order valence-electron chi connectivity index (χ3n) is 3.52. The van der Waals surface area contributed by atoms with Gasteiger partial charge in [-0.1, -0.05) is 12.8 Å². The molecule has 0 spiro atoms. The Balaban J connectivity index is 2.06. The second-order valence-corrected chi connectivity index (χ2v) is 4.97. The third kappa shape index (κ3) is 3.16. The van der Waals surface area contributed by atoms with Crippen molar-refractivity contribution in [1.29, 1.82) is 0 Å². The van der Waals surface area contributed by atoms with Crippen molar-refractivity contribution in [3.8, 4) is 0 Å². The highest BCUT2D eigenvalue weighted by Gasteiger charge is 2.24. The van der Waals surface area contributed by atoms with E-state index in [4.69, 9.17) is 5.73 Å². The molecule has 1 heterocycles. The van der Waals surface area contributed by atoms with Crippen LogP contribution >= 0.6 is 0 Å². The third-order valence-corrected chi connectivity index (χ3v) is 3.52. The van der Waals surface area contributed by atoms with Crippen LogP contribution in [0.25, 0.3) is 0 Å². The van der Waals surface area contributed by atoms with E-state index in [1.807, 2.05) is 19.9 Å². The first-order chi connectivity index (χ1) is 8.19. The van der Waals surface area contributed by atoms with E-state index in [1.54, 1.807) is 0 Å². The summed E-state index contributed by atoms with van der Waals surface area (Å²) in [5.74, 6) is 2.43. The molecule has 1 atom stereocenters. The van der Waals surface area contributed by atoms with E-state index in [1.165, 1.54) is 25.7 Å². The van der Waals surface area contributed by atoms with Gasteiger partial charge in [-0.3, -0.25) is 0 Å². The molecule has 1 aliphatic carbocycles. The second kappa shape index (κ2) is 5.45. The molecule has 1 aliphatic rings. The molecule has 3 N–H and O–H groups in total. The van der Waals surface area contributed by atoms with Crippen molar-refractivity contribution in [2.24, 2.45) is 11.7 Å². The van der Waals surface area contributed by atoms with Crippen molar-refractivity contribution in [3.63, 3.8) is 0 Å². The molecule has 4 nitrogen and oxygen atoms in total. The number of hydrogen-bond acceptors (Lipinski definition) is 4. The molecule has 1 unspecified atom stereocenters. The van der Waals surface area contributed by atoms with Crippen LogP contribution in [0.5, 0.6) is 0 Å². The Kier molecular flexibility index (Phi) is 3.94. The van der Waals surface area contributed by atoms with Gasteiger partial charge in [0.25, 0.3) is 0 Å². The maximum absolute atomic E-state index is 5.87. The first-order valence-corrected chi connectivity index (χ1v) is 6.48. The molecule has 1 aromatic rings. The van der Waals surface area contributed by atoms with Crippen molar-refractivity contribution >= 4 is 5.82 Å². The van der Waals surface area contributed by atoms with Crippen molar-refractivity contribution in [3.05, 3.63) is 17.6 Å². The fourth-order valence-corrected chi connectivity index (χ4v) is 2.71. The molecular weight excluding hydrogens is 212 g/mol. The minimum Gasteiger partial charge on any atom is -0.366 e. The molecule has 0 saturated heterocycles. The largest absolute Gasteiger partial charge is 0.366 e. The summed E-state index contributed by atoms with van der Waals surface area (Å²) in [4.78, 5) is 8.70. The Bertz CT molecular complexity index is 351. The first kappa shape index (κ1) is 12.3. The zero-order valence-corrected chi connectivity index (χ0v) is 10.7. The number of anilines is 1. The number of nitrogens with zero attached hydrogens (tertiary/aromatic N) is 2. The predicted molar refractivity (Wildman–Crippen MR) is 69.9 cm³/mol. The summed E-state index contributed by atoms with van der Waals surface area (Å²) in [6.45, 7) is 4.59. The van der Waals surface area contributed by atoms with Gasteiger partial charge in [0, 0.05) is 24.3 Å². The van der Waals surface area contributed by atoms with Crippen LogP contribution in [-0.2, 0) is 0 Å². The Morgan fingerprint density at radius 2 is 2.06 bits per heavy atom. The summed E-state index contributed by atoms with van der Waals surface area (Å²) in [6.07, 6.45) is 5.26. The van der Waals surface area contributed by atoms with E-state index < -0.39 is 0 Å². The molecule has 1 fully saturated rings. The quantitative estimate of drug-likeness (QED) is 0.836. The van der Waals surface area contributed by atoms with Crippen LogP contribution in [0.3, 0.4) is 0 Å². The Labute approximate surface area is 103 Å². The van der Waals surface area contributed by atoms with Gasteiger partial charge in [-0.15, -0.1) is 0 Å². The maximum atomic E-state index is 5.87. The minimum absolute atomic E-state index is 0.353. The van der Waals surface area contributed by atoms with E-state index in [-0.39, 0.29) is 0 Å². The van der Waals surface area contributed by atoms with Gasteiger partial charge >= 0.3 is 0 Å². The molecule has 0 aliphatic heterocycles. The minimum atomic E-state index is 0.353. The van der Waals surface area contributed by atoms with Crippen LogP contribution in [0.1, 0.15) is 37.2 Å². The van der Waals surface area contributed by atoms with Crippen LogP contribution in [0.4, 0.5) is 5.82 Å². The van der Waals surface area contributed by atoms with Crippen molar-refractivity contribution in [2.45, 2.75) is 45.6 Å². The summed E-state index contributed by atoms with van der Waals surface area (Å²) in [5, 5.41) is 3.48. The molecule has 0 bridgehead atoms. The van der Waals surface area contributed by atoms with Crippen LogP contribution in [0.2, 0.25) is 0 Å². The number of aryl methyl sites for hydroxylation is 2. The van der Waals surface area contributed by atoms with Crippen LogP contribution in [0.15, 0.2) is 6.07 Å². The summed E-state index contributed by atoms with van der Waals surface area (Å²) >= 11 is 0. The molecule has 94 valence electrons. The number of rotatable bonds is 4. The van der Waals surface area contributed by atoms with E-state index in [0.29, 0.717) is 18.5 Å². The predicted octanol–water partition coefficient (Wildman–Crippen LogP) is 2.02. The van der Waals surface area contributed by atoms with Gasteiger partial charge in [0.05, 0.1) is 0 Å². The van der Waals surface area contributed by atoms with Crippen molar-refractivity contribution < 1.29 is 0 Å². The zero-order valence-electron chi connectivity index (χ0n) is 10.7. The van der Waals surface area contributed by atoms with Gasteiger partial charge in [0.2, 0.25) is 0 Å². The highest BCUT2D eigenvalue weighted by Crippen LogP contribution is 2.28. The second-order valence-electron chi connectivity index (χ2n) is 4.97. The molecule has 1 aromatic heterocycles. The SMILES string of the molecule is Cc1cc(NC(CN)C2CCCC2)nc(C)n1. The Hall–Kier alpha value is -1.16. The number of nitrogens with one attached hydrogen (secondary N) is 1. The van der Waals surface area contributed by atoms with E-state index >= 15 is 0 Å². The van der Waals surface area contributed by atoms with E-state index in [2.05, 4.69) is 15.3 Å². The Morgan fingerprint density at radius 3 is 2.65 bits per heavy atom. The average Bonchev–Trinajstić information content (AvgIpc) is 2.77. The van der Waals surface area contributed by atoms with Crippen LogP contribution < -0.4 is 11.1 Å². The Morgan fingerprint density at radius 1 is 1.35 bits per heavy atom. The zero-order chi connectivity index (χ0) is 12.3. The lowest BCUT2D eigenvalue weighted by Gasteiger charge is -2.23. The van der Waals surface area contributed by atoms with Gasteiger partial charge in [0.1, 0.15) is 11.6 Å². The normalized spacial score (nSPS) is 18.3. The maximum Gasteiger partial charge on any atom is 0.130 e. The average molecular weight is 234 g/mol. The van der Waals surface area contributed by atoms with Crippen LogP contribution in [-0.4, -0.2) is 22.6 Å². The molecule has 0 aromatic carbocycles.